The Hall–Kier alpha value is -0.860. The molecule has 2 nitrogen and oxygen atoms in total. The van der Waals surface area contributed by atoms with Gasteiger partial charge in [0.1, 0.15) is 0 Å². The summed E-state index contributed by atoms with van der Waals surface area (Å²) < 4.78 is 0. The molecule has 2 atom stereocenters. The van der Waals surface area contributed by atoms with Gasteiger partial charge in [-0.15, -0.1) is 0 Å². The summed E-state index contributed by atoms with van der Waals surface area (Å²) in [6.45, 7) is 4.43. The Balaban J connectivity index is 3.03. The van der Waals surface area contributed by atoms with Gasteiger partial charge in [-0.3, -0.25) is 0 Å². The average Bonchev–Trinajstić information content (AvgIpc) is 2.39. The average molecular weight is 248 g/mol. The first kappa shape index (κ1) is 15.2. The fourth-order valence-electron chi connectivity index (χ4n) is 2.75. The molecule has 0 amide bonds. The number of likely N-dealkylation sites (N-methyl/N-ethyl adjacent to an activating group) is 1. The zero-order valence-corrected chi connectivity index (χ0v) is 12.3. The Kier molecular flexibility index (Phi) is 5.83. The fourth-order valence-corrected chi connectivity index (χ4v) is 2.75. The van der Waals surface area contributed by atoms with E-state index in [4.69, 9.17) is 5.73 Å². The van der Waals surface area contributed by atoms with E-state index in [1.165, 1.54) is 18.4 Å². The molecule has 0 aliphatic carbocycles. The Morgan fingerprint density at radius 3 is 2.22 bits per heavy atom. The zero-order valence-electron chi connectivity index (χ0n) is 12.3. The van der Waals surface area contributed by atoms with Crippen LogP contribution in [0.4, 0.5) is 0 Å². The van der Waals surface area contributed by atoms with E-state index >= 15 is 0 Å². The van der Waals surface area contributed by atoms with E-state index in [1.807, 2.05) is 0 Å². The second-order valence-corrected chi connectivity index (χ2v) is 5.38. The van der Waals surface area contributed by atoms with Crippen LogP contribution in [0.2, 0.25) is 0 Å². The molecule has 0 fully saturated rings. The lowest BCUT2D eigenvalue weighted by molar-refractivity contribution is 0.157. The van der Waals surface area contributed by atoms with Crippen molar-refractivity contribution in [1.82, 2.24) is 4.90 Å². The van der Waals surface area contributed by atoms with Crippen molar-refractivity contribution in [2.45, 2.75) is 51.1 Å². The molecule has 1 rings (SSSR count). The van der Waals surface area contributed by atoms with Gasteiger partial charge in [-0.1, -0.05) is 57.0 Å². The summed E-state index contributed by atoms with van der Waals surface area (Å²) in [5.74, 6) is 0. The van der Waals surface area contributed by atoms with Crippen LogP contribution < -0.4 is 5.73 Å². The van der Waals surface area contributed by atoms with Gasteiger partial charge >= 0.3 is 0 Å². The highest BCUT2D eigenvalue weighted by atomic mass is 15.1. The molecule has 2 heteroatoms. The first-order valence-electron chi connectivity index (χ1n) is 7.07. The third-order valence-electron chi connectivity index (χ3n) is 3.95. The molecule has 0 aliphatic heterocycles. The molecular formula is C16H28N2. The summed E-state index contributed by atoms with van der Waals surface area (Å²) in [7, 11) is 4.28. The van der Waals surface area contributed by atoms with Crippen LogP contribution in [0, 0.1) is 0 Å². The molecule has 0 aromatic heterocycles. The maximum atomic E-state index is 6.76. The van der Waals surface area contributed by atoms with Crippen LogP contribution in [0.25, 0.3) is 0 Å². The zero-order chi connectivity index (χ0) is 13.6. The minimum Gasteiger partial charge on any atom is -0.320 e. The van der Waals surface area contributed by atoms with Gasteiger partial charge < -0.3 is 10.6 Å². The molecule has 2 N–H and O–H groups in total. The lowest BCUT2D eigenvalue weighted by atomic mass is 9.78. The number of hydrogen-bond acceptors (Lipinski definition) is 2. The van der Waals surface area contributed by atoms with Crippen molar-refractivity contribution < 1.29 is 0 Å². The smallest absolute Gasteiger partial charge is 0.0564 e. The van der Waals surface area contributed by atoms with Gasteiger partial charge in [0.2, 0.25) is 0 Å². The summed E-state index contributed by atoms with van der Waals surface area (Å²) in [6, 6.07) is 10.9. The third-order valence-corrected chi connectivity index (χ3v) is 3.95. The maximum Gasteiger partial charge on any atom is 0.0564 e. The minimum absolute atomic E-state index is 0.250. The Morgan fingerprint density at radius 2 is 1.78 bits per heavy atom. The molecule has 1 aromatic carbocycles. The van der Waals surface area contributed by atoms with Crippen LogP contribution in [-0.2, 0) is 5.54 Å². The van der Waals surface area contributed by atoms with Crippen LogP contribution >= 0.6 is 0 Å². The molecule has 0 radical (unpaired) electrons. The van der Waals surface area contributed by atoms with Crippen molar-refractivity contribution in [1.29, 1.82) is 0 Å². The van der Waals surface area contributed by atoms with Gasteiger partial charge in [0.05, 0.1) is 5.54 Å². The predicted octanol–water partition coefficient (Wildman–Crippen LogP) is 3.37. The van der Waals surface area contributed by atoms with Crippen molar-refractivity contribution >= 4 is 0 Å². The van der Waals surface area contributed by atoms with Crippen LogP contribution in [0.15, 0.2) is 30.3 Å². The topological polar surface area (TPSA) is 29.3 Å². The number of hydrogen-bond donors (Lipinski definition) is 1. The molecule has 0 heterocycles. The van der Waals surface area contributed by atoms with Crippen molar-refractivity contribution in [2.24, 2.45) is 5.73 Å². The van der Waals surface area contributed by atoms with Crippen LogP contribution in [0.5, 0.6) is 0 Å². The van der Waals surface area contributed by atoms with Gasteiger partial charge in [0, 0.05) is 6.04 Å². The standard InChI is InChI=1S/C16H28N2/c1-5-7-13-15(18(3)4)16(17,6-2)14-11-9-8-10-12-14/h8-12,15H,5-7,13,17H2,1-4H3. The molecule has 0 bridgehead atoms. The van der Waals surface area contributed by atoms with E-state index in [9.17, 15) is 0 Å². The molecule has 0 saturated carbocycles. The summed E-state index contributed by atoms with van der Waals surface area (Å²) in [5, 5.41) is 0. The van der Waals surface area contributed by atoms with Crippen LogP contribution in [-0.4, -0.2) is 25.0 Å². The number of benzene rings is 1. The van der Waals surface area contributed by atoms with E-state index < -0.39 is 0 Å². The molecule has 18 heavy (non-hydrogen) atoms. The Morgan fingerprint density at radius 1 is 1.17 bits per heavy atom. The highest BCUT2D eigenvalue weighted by Gasteiger charge is 2.35. The van der Waals surface area contributed by atoms with Crippen molar-refractivity contribution in [3.05, 3.63) is 35.9 Å². The highest BCUT2D eigenvalue weighted by Crippen LogP contribution is 2.31. The molecule has 102 valence electrons. The Labute approximate surface area is 112 Å². The van der Waals surface area contributed by atoms with Gasteiger partial charge in [0.25, 0.3) is 0 Å². The van der Waals surface area contributed by atoms with Crippen LogP contribution in [0.3, 0.4) is 0 Å². The lowest BCUT2D eigenvalue weighted by Gasteiger charge is -2.41. The molecule has 2 unspecified atom stereocenters. The Bertz CT molecular complexity index is 334. The van der Waals surface area contributed by atoms with E-state index in [1.54, 1.807) is 0 Å². The van der Waals surface area contributed by atoms with Gasteiger partial charge in [0.15, 0.2) is 0 Å². The summed E-state index contributed by atoms with van der Waals surface area (Å²) in [5.41, 5.74) is 7.76. The first-order valence-corrected chi connectivity index (χ1v) is 7.07. The second-order valence-electron chi connectivity index (χ2n) is 5.38. The molecule has 0 aliphatic rings. The summed E-state index contributed by atoms with van der Waals surface area (Å²) in [4.78, 5) is 2.28. The minimum atomic E-state index is -0.250. The van der Waals surface area contributed by atoms with E-state index in [0.717, 1.165) is 12.8 Å². The molecule has 0 saturated heterocycles. The normalized spacial score (nSPS) is 16.6. The summed E-state index contributed by atoms with van der Waals surface area (Å²) in [6.07, 6.45) is 4.57. The lowest BCUT2D eigenvalue weighted by Crippen LogP contribution is -2.53. The monoisotopic (exact) mass is 248 g/mol. The number of nitrogens with zero attached hydrogens (tertiary/aromatic N) is 1. The summed E-state index contributed by atoms with van der Waals surface area (Å²) >= 11 is 0. The van der Waals surface area contributed by atoms with E-state index in [2.05, 4.69) is 63.2 Å². The largest absolute Gasteiger partial charge is 0.320 e. The maximum absolute atomic E-state index is 6.76. The van der Waals surface area contributed by atoms with Crippen molar-refractivity contribution in [3.63, 3.8) is 0 Å². The first-order chi connectivity index (χ1) is 8.56. The van der Waals surface area contributed by atoms with Gasteiger partial charge in [-0.05, 0) is 32.5 Å². The quantitative estimate of drug-likeness (QED) is 0.801. The molecular weight excluding hydrogens is 220 g/mol. The number of unbranched alkanes of at least 4 members (excludes halogenated alkanes) is 1. The van der Waals surface area contributed by atoms with E-state index in [-0.39, 0.29) is 5.54 Å². The molecule has 0 spiro atoms. The number of nitrogens with two attached hydrogens (primary N) is 1. The third kappa shape index (κ3) is 3.33. The van der Waals surface area contributed by atoms with Gasteiger partial charge in [-0.25, -0.2) is 0 Å². The SMILES string of the molecule is CCCCC(N(C)C)C(N)(CC)c1ccccc1. The van der Waals surface area contributed by atoms with Crippen LogP contribution in [0.1, 0.15) is 45.1 Å². The highest BCUT2D eigenvalue weighted by molar-refractivity contribution is 5.26. The molecule has 1 aromatic rings. The van der Waals surface area contributed by atoms with Crippen molar-refractivity contribution in [2.75, 3.05) is 14.1 Å². The van der Waals surface area contributed by atoms with Gasteiger partial charge in [-0.2, -0.15) is 0 Å². The number of rotatable bonds is 7. The second kappa shape index (κ2) is 6.91. The van der Waals surface area contributed by atoms with Crippen molar-refractivity contribution in [3.8, 4) is 0 Å². The predicted molar refractivity (Wildman–Crippen MR) is 79.6 cm³/mol. The fraction of sp³-hybridized carbons (Fsp3) is 0.625. The van der Waals surface area contributed by atoms with E-state index in [0.29, 0.717) is 6.04 Å².